The van der Waals surface area contributed by atoms with Gasteiger partial charge in [0.2, 0.25) is 0 Å². The van der Waals surface area contributed by atoms with Crippen molar-refractivity contribution < 1.29 is 4.39 Å². The summed E-state index contributed by atoms with van der Waals surface area (Å²) >= 11 is 5.65. The Morgan fingerprint density at radius 1 is 1.36 bits per heavy atom. The Hall–Kier alpha value is -0.820. The molecule has 11 heavy (non-hydrogen) atoms. The van der Waals surface area contributed by atoms with E-state index < -0.39 is 0 Å². The molecule has 0 fully saturated rings. The van der Waals surface area contributed by atoms with Gasteiger partial charge in [-0.25, -0.2) is 4.39 Å². The van der Waals surface area contributed by atoms with Gasteiger partial charge in [0.15, 0.2) is 0 Å². The van der Waals surface area contributed by atoms with Crippen molar-refractivity contribution in [1.29, 1.82) is 0 Å². The predicted octanol–water partition coefficient (Wildman–Crippen LogP) is 3.67. The molecule has 0 bridgehead atoms. The van der Waals surface area contributed by atoms with Crippen LogP contribution >= 0.6 is 11.6 Å². The van der Waals surface area contributed by atoms with Crippen LogP contribution in [0, 0.1) is 0 Å². The summed E-state index contributed by atoms with van der Waals surface area (Å²) in [6.45, 7) is 1.71. The molecule has 0 atom stereocenters. The van der Waals surface area contributed by atoms with Crippen LogP contribution in [0.5, 0.6) is 0 Å². The standard InChI is InChI=1S/C9H8ClF/c1-7(6-11)8-2-4-9(10)5-3-8/h2-6H,1H3/b7-6+. The van der Waals surface area contributed by atoms with Gasteiger partial charge < -0.3 is 0 Å². The van der Waals surface area contributed by atoms with E-state index in [9.17, 15) is 4.39 Å². The molecule has 0 N–H and O–H groups in total. The molecule has 0 aliphatic heterocycles. The van der Waals surface area contributed by atoms with Gasteiger partial charge in [0.05, 0.1) is 6.33 Å². The molecule has 2 heteroatoms. The Morgan fingerprint density at radius 3 is 2.36 bits per heavy atom. The van der Waals surface area contributed by atoms with Crippen molar-refractivity contribution >= 4 is 17.2 Å². The van der Waals surface area contributed by atoms with Crippen molar-refractivity contribution in [3.63, 3.8) is 0 Å². The molecule has 0 amide bonds. The number of halogens is 2. The quantitative estimate of drug-likeness (QED) is 0.603. The molecular weight excluding hydrogens is 163 g/mol. The lowest BCUT2D eigenvalue weighted by atomic mass is 10.1. The SMILES string of the molecule is C/C(=C\F)c1ccc(Cl)cc1. The molecule has 1 rings (SSSR count). The van der Waals surface area contributed by atoms with Gasteiger partial charge in [-0.2, -0.15) is 0 Å². The van der Waals surface area contributed by atoms with E-state index >= 15 is 0 Å². The molecule has 1 aromatic rings. The second-order valence-corrected chi connectivity index (χ2v) is 2.74. The molecule has 0 saturated carbocycles. The average molecular weight is 171 g/mol. The maximum Gasteiger partial charge on any atom is 0.0902 e. The number of rotatable bonds is 1. The Labute approximate surface area is 70.3 Å². The third-order valence-corrected chi connectivity index (χ3v) is 1.72. The van der Waals surface area contributed by atoms with E-state index in [0.717, 1.165) is 5.56 Å². The number of hydrogen-bond acceptors (Lipinski definition) is 0. The van der Waals surface area contributed by atoms with Gasteiger partial charge in [0, 0.05) is 5.02 Å². The summed E-state index contributed by atoms with van der Waals surface area (Å²) in [5, 5.41) is 0.667. The highest BCUT2D eigenvalue weighted by atomic mass is 35.5. The maximum absolute atomic E-state index is 12.0. The lowest BCUT2D eigenvalue weighted by molar-refractivity contribution is 0.723. The molecule has 0 aliphatic rings. The summed E-state index contributed by atoms with van der Waals surface area (Å²) in [6, 6.07) is 7.05. The Morgan fingerprint density at radius 2 is 1.91 bits per heavy atom. The first-order chi connectivity index (χ1) is 5.24. The largest absolute Gasteiger partial charge is 0.215 e. The van der Waals surface area contributed by atoms with Crippen LogP contribution in [0.25, 0.3) is 5.57 Å². The fraction of sp³-hybridized carbons (Fsp3) is 0.111. The zero-order chi connectivity index (χ0) is 8.27. The van der Waals surface area contributed by atoms with Crippen molar-refractivity contribution in [3.8, 4) is 0 Å². The van der Waals surface area contributed by atoms with Gasteiger partial charge in [-0.1, -0.05) is 23.7 Å². The second kappa shape index (κ2) is 3.54. The molecule has 0 unspecified atom stereocenters. The van der Waals surface area contributed by atoms with Gasteiger partial charge >= 0.3 is 0 Å². The van der Waals surface area contributed by atoms with E-state index in [-0.39, 0.29) is 0 Å². The van der Waals surface area contributed by atoms with Crippen LogP contribution < -0.4 is 0 Å². The van der Waals surface area contributed by atoms with Crippen LogP contribution in [0.1, 0.15) is 12.5 Å². The third kappa shape index (κ3) is 2.05. The first-order valence-corrected chi connectivity index (χ1v) is 3.65. The summed E-state index contributed by atoms with van der Waals surface area (Å²) in [5.41, 5.74) is 1.47. The molecule has 1 aromatic carbocycles. The summed E-state index contributed by atoms with van der Waals surface area (Å²) in [7, 11) is 0. The van der Waals surface area contributed by atoms with Crippen molar-refractivity contribution in [2.24, 2.45) is 0 Å². The Kier molecular flexibility index (Phi) is 2.66. The highest BCUT2D eigenvalue weighted by Gasteiger charge is 1.93. The first-order valence-electron chi connectivity index (χ1n) is 3.27. The molecule has 58 valence electrons. The fourth-order valence-corrected chi connectivity index (χ4v) is 0.902. The molecule has 0 radical (unpaired) electrons. The van der Waals surface area contributed by atoms with E-state index in [1.54, 1.807) is 31.2 Å². The van der Waals surface area contributed by atoms with Crippen molar-refractivity contribution in [3.05, 3.63) is 41.2 Å². The van der Waals surface area contributed by atoms with E-state index in [4.69, 9.17) is 11.6 Å². The van der Waals surface area contributed by atoms with E-state index in [1.165, 1.54) is 0 Å². The minimum Gasteiger partial charge on any atom is -0.215 e. The Balaban J connectivity index is 2.99. The molecule has 0 saturated heterocycles. The van der Waals surface area contributed by atoms with E-state index in [2.05, 4.69) is 0 Å². The number of benzene rings is 1. The lowest BCUT2D eigenvalue weighted by Crippen LogP contribution is -1.76. The van der Waals surface area contributed by atoms with Gasteiger partial charge in [0.1, 0.15) is 0 Å². The van der Waals surface area contributed by atoms with E-state index in [1.807, 2.05) is 0 Å². The van der Waals surface area contributed by atoms with E-state index in [0.29, 0.717) is 16.9 Å². The van der Waals surface area contributed by atoms with Crippen molar-refractivity contribution in [2.75, 3.05) is 0 Å². The summed E-state index contributed by atoms with van der Waals surface area (Å²) in [6.07, 6.45) is 0.587. The first kappa shape index (κ1) is 8.28. The van der Waals surface area contributed by atoms with Crippen LogP contribution in [-0.4, -0.2) is 0 Å². The smallest absolute Gasteiger partial charge is 0.0902 e. The van der Waals surface area contributed by atoms with Crippen LogP contribution in [0.4, 0.5) is 4.39 Å². The third-order valence-electron chi connectivity index (χ3n) is 1.46. The van der Waals surface area contributed by atoms with Crippen molar-refractivity contribution in [1.82, 2.24) is 0 Å². The number of hydrogen-bond donors (Lipinski definition) is 0. The average Bonchev–Trinajstić information content (AvgIpc) is 2.05. The second-order valence-electron chi connectivity index (χ2n) is 2.30. The molecule has 0 aromatic heterocycles. The summed E-state index contributed by atoms with van der Waals surface area (Å²) in [5.74, 6) is 0. The summed E-state index contributed by atoms with van der Waals surface area (Å²) in [4.78, 5) is 0. The minimum atomic E-state index is 0.587. The normalized spacial score (nSPS) is 11.7. The molecule has 0 nitrogen and oxygen atoms in total. The van der Waals surface area contributed by atoms with Crippen LogP contribution in [0.3, 0.4) is 0 Å². The monoisotopic (exact) mass is 170 g/mol. The fourth-order valence-electron chi connectivity index (χ4n) is 0.776. The van der Waals surface area contributed by atoms with Gasteiger partial charge in [0.25, 0.3) is 0 Å². The van der Waals surface area contributed by atoms with Crippen molar-refractivity contribution in [2.45, 2.75) is 6.92 Å². The number of allylic oxidation sites excluding steroid dienone is 1. The zero-order valence-electron chi connectivity index (χ0n) is 6.14. The molecule has 0 spiro atoms. The Bertz CT molecular complexity index is 261. The lowest BCUT2D eigenvalue weighted by Gasteiger charge is -1.97. The summed E-state index contributed by atoms with van der Waals surface area (Å²) < 4.78 is 12.0. The maximum atomic E-state index is 12.0. The van der Waals surface area contributed by atoms with Gasteiger partial charge in [-0.3, -0.25) is 0 Å². The molecular formula is C9H8ClF. The van der Waals surface area contributed by atoms with Crippen LogP contribution in [-0.2, 0) is 0 Å². The molecule has 0 aliphatic carbocycles. The minimum absolute atomic E-state index is 0.587. The van der Waals surface area contributed by atoms with Crippen LogP contribution in [0.15, 0.2) is 30.6 Å². The predicted molar refractivity (Wildman–Crippen MR) is 46.2 cm³/mol. The zero-order valence-corrected chi connectivity index (χ0v) is 6.90. The van der Waals surface area contributed by atoms with Crippen LogP contribution in [0.2, 0.25) is 5.02 Å². The highest BCUT2D eigenvalue weighted by molar-refractivity contribution is 6.30. The van der Waals surface area contributed by atoms with Gasteiger partial charge in [-0.05, 0) is 30.2 Å². The highest BCUT2D eigenvalue weighted by Crippen LogP contribution is 2.16. The molecule has 0 heterocycles. The van der Waals surface area contributed by atoms with Gasteiger partial charge in [-0.15, -0.1) is 0 Å². The topological polar surface area (TPSA) is 0 Å².